The number of nitrogens with one attached hydrogen (secondary N) is 2. The average molecular weight is 299 g/mol. The fourth-order valence-electron chi connectivity index (χ4n) is 2.71. The second-order valence-corrected chi connectivity index (χ2v) is 5.40. The van der Waals surface area contributed by atoms with Crippen molar-refractivity contribution in [2.75, 3.05) is 6.54 Å². The van der Waals surface area contributed by atoms with Gasteiger partial charge < -0.3 is 10.6 Å². The highest BCUT2D eigenvalue weighted by atomic mass is 19.1. The van der Waals surface area contributed by atoms with Gasteiger partial charge in [-0.1, -0.05) is 18.2 Å². The van der Waals surface area contributed by atoms with E-state index in [1.54, 1.807) is 6.07 Å². The second-order valence-electron chi connectivity index (χ2n) is 5.40. The Bertz CT molecular complexity index is 670. The predicted molar refractivity (Wildman–Crippen MR) is 81.6 cm³/mol. The Balaban J connectivity index is 1.61. The molecule has 1 aliphatic rings. The van der Waals surface area contributed by atoms with Crippen molar-refractivity contribution in [3.05, 3.63) is 64.7 Å². The molecule has 0 aliphatic carbocycles. The zero-order chi connectivity index (χ0) is 15.4. The van der Waals surface area contributed by atoms with Crippen molar-refractivity contribution in [2.24, 2.45) is 0 Å². The Hall–Kier alpha value is -2.27. The van der Waals surface area contributed by atoms with E-state index in [1.807, 2.05) is 12.1 Å². The number of rotatable bonds is 4. The molecule has 0 saturated carbocycles. The highest BCUT2D eigenvalue weighted by Crippen LogP contribution is 2.19. The van der Waals surface area contributed by atoms with E-state index in [-0.39, 0.29) is 11.7 Å². The number of carbonyl (C=O) groups is 1. The average Bonchev–Trinajstić information content (AvgIpc) is 2.55. The van der Waals surface area contributed by atoms with E-state index in [1.165, 1.54) is 17.2 Å². The third kappa shape index (κ3) is 3.49. The maximum Gasteiger partial charge on any atom is 0.224 e. The van der Waals surface area contributed by atoms with Crippen LogP contribution in [-0.2, 0) is 30.7 Å². The van der Waals surface area contributed by atoms with Gasteiger partial charge in [0.25, 0.3) is 0 Å². The van der Waals surface area contributed by atoms with Crippen LogP contribution in [0.3, 0.4) is 0 Å². The van der Waals surface area contributed by atoms with E-state index >= 15 is 0 Å². The van der Waals surface area contributed by atoms with E-state index in [0.29, 0.717) is 18.7 Å². The van der Waals surface area contributed by atoms with Gasteiger partial charge in [0.2, 0.25) is 5.91 Å². The number of pyridine rings is 1. The van der Waals surface area contributed by atoms with E-state index in [9.17, 15) is 9.18 Å². The smallest absolute Gasteiger partial charge is 0.224 e. The van der Waals surface area contributed by atoms with Crippen LogP contribution in [-0.4, -0.2) is 17.4 Å². The van der Waals surface area contributed by atoms with Crippen molar-refractivity contribution in [3.8, 4) is 0 Å². The molecule has 0 bridgehead atoms. The first-order chi connectivity index (χ1) is 10.7. The number of halogens is 1. The monoisotopic (exact) mass is 299 g/mol. The number of hydrogen-bond acceptors (Lipinski definition) is 3. The Kier molecular flexibility index (Phi) is 4.44. The molecule has 0 fully saturated rings. The predicted octanol–water partition coefficient (Wildman–Crippen LogP) is 1.73. The number of aromatic nitrogens is 1. The lowest BCUT2D eigenvalue weighted by Crippen LogP contribution is -2.28. The molecule has 3 rings (SSSR count). The zero-order valence-corrected chi connectivity index (χ0v) is 12.2. The van der Waals surface area contributed by atoms with Gasteiger partial charge >= 0.3 is 0 Å². The highest BCUT2D eigenvalue weighted by Gasteiger charge is 2.14. The van der Waals surface area contributed by atoms with E-state index in [0.717, 1.165) is 31.3 Å². The Morgan fingerprint density at radius 2 is 2.23 bits per heavy atom. The Labute approximate surface area is 128 Å². The molecule has 114 valence electrons. The summed E-state index contributed by atoms with van der Waals surface area (Å²) >= 11 is 0. The Morgan fingerprint density at radius 1 is 1.32 bits per heavy atom. The molecular formula is C17H18FN3O. The number of nitrogens with zero attached hydrogens (tertiary/aromatic N) is 1. The van der Waals surface area contributed by atoms with Gasteiger partial charge in [0.15, 0.2) is 0 Å². The first kappa shape index (κ1) is 14.7. The highest BCUT2D eigenvalue weighted by molar-refractivity contribution is 5.79. The maximum atomic E-state index is 12.8. The van der Waals surface area contributed by atoms with Crippen molar-refractivity contribution >= 4 is 5.91 Å². The van der Waals surface area contributed by atoms with Crippen molar-refractivity contribution in [1.29, 1.82) is 0 Å². The van der Waals surface area contributed by atoms with Crippen LogP contribution in [0.2, 0.25) is 0 Å². The SMILES string of the molecule is O=C(Cc1cccc2c1CCNC2)NCc1ccc(F)cn1. The topological polar surface area (TPSA) is 54.0 Å². The minimum Gasteiger partial charge on any atom is -0.350 e. The molecule has 2 aromatic rings. The quantitative estimate of drug-likeness (QED) is 0.904. The van der Waals surface area contributed by atoms with Crippen LogP contribution in [0.4, 0.5) is 4.39 Å². The van der Waals surface area contributed by atoms with Gasteiger partial charge in [-0.25, -0.2) is 4.39 Å². The standard InChI is InChI=1S/C17H18FN3O/c18-14-4-5-15(20-10-14)11-21-17(22)8-12-2-1-3-13-9-19-7-6-16(12)13/h1-5,10,19H,6-9,11H2,(H,21,22). The molecule has 1 amide bonds. The summed E-state index contributed by atoms with van der Waals surface area (Å²) in [7, 11) is 0. The van der Waals surface area contributed by atoms with Crippen LogP contribution in [0, 0.1) is 5.82 Å². The normalized spacial score (nSPS) is 13.5. The van der Waals surface area contributed by atoms with Crippen LogP contribution in [0.5, 0.6) is 0 Å². The summed E-state index contributed by atoms with van der Waals surface area (Å²) in [5.74, 6) is -0.419. The summed E-state index contributed by atoms with van der Waals surface area (Å²) < 4.78 is 12.8. The molecule has 1 aromatic heterocycles. The molecule has 1 aromatic carbocycles. The maximum absolute atomic E-state index is 12.8. The van der Waals surface area contributed by atoms with Crippen LogP contribution >= 0.6 is 0 Å². The largest absolute Gasteiger partial charge is 0.350 e. The van der Waals surface area contributed by atoms with E-state index in [2.05, 4.69) is 21.7 Å². The van der Waals surface area contributed by atoms with Crippen LogP contribution in [0.25, 0.3) is 0 Å². The van der Waals surface area contributed by atoms with Gasteiger partial charge in [0, 0.05) is 6.54 Å². The van der Waals surface area contributed by atoms with E-state index in [4.69, 9.17) is 0 Å². The molecule has 4 nitrogen and oxygen atoms in total. The lowest BCUT2D eigenvalue weighted by molar-refractivity contribution is -0.120. The van der Waals surface area contributed by atoms with Gasteiger partial charge in [0.1, 0.15) is 5.82 Å². The summed E-state index contributed by atoms with van der Waals surface area (Å²) in [6.07, 6.45) is 2.48. The van der Waals surface area contributed by atoms with Gasteiger partial charge in [0.05, 0.1) is 24.9 Å². The molecule has 0 spiro atoms. The molecule has 0 radical (unpaired) electrons. The lowest BCUT2D eigenvalue weighted by Gasteiger charge is -2.20. The number of carbonyl (C=O) groups excluding carboxylic acids is 1. The van der Waals surface area contributed by atoms with Crippen molar-refractivity contribution in [2.45, 2.75) is 25.9 Å². The van der Waals surface area contributed by atoms with Crippen molar-refractivity contribution < 1.29 is 9.18 Å². The molecular weight excluding hydrogens is 281 g/mol. The van der Waals surface area contributed by atoms with Crippen molar-refractivity contribution in [3.63, 3.8) is 0 Å². The molecule has 1 aliphatic heterocycles. The fourth-order valence-corrected chi connectivity index (χ4v) is 2.71. The summed E-state index contributed by atoms with van der Waals surface area (Å²) in [4.78, 5) is 16.0. The molecule has 0 unspecified atom stereocenters. The molecule has 2 N–H and O–H groups in total. The first-order valence-corrected chi connectivity index (χ1v) is 7.40. The summed E-state index contributed by atoms with van der Waals surface area (Å²) in [6.45, 7) is 2.13. The van der Waals surface area contributed by atoms with Crippen molar-refractivity contribution in [1.82, 2.24) is 15.6 Å². The molecule has 0 atom stereocenters. The number of benzene rings is 1. The summed E-state index contributed by atoms with van der Waals surface area (Å²) in [5, 5.41) is 6.17. The fraction of sp³-hybridized carbons (Fsp3) is 0.294. The summed E-state index contributed by atoms with van der Waals surface area (Å²) in [5.41, 5.74) is 4.30. The van der Waals surface area contributed by atoms with Crippen LogP contribution in [0.15, 0.2) is 36.5 Å². The summed E-state index contributed by atoms with van der Waals surface area (Å²) in [6, 6.07) is 9.03. The molecule has 22 heavy (non-hydrogen) atoms. The third-order valence-corrected chi connectivity index (χ3v) is 3.84. The number of fused-ring (bicyclic) bond motifs is 1. The van der Waals surface area contributed by atoms with Gasteiger partial charge in [-0.15, -0.1) is 0 Å². The molecule has 0 saturated heterocycles. The zero-order valence-electron chi connectivity index (χ0n) is 12.2. The van der Waals surface area contributed by atoms with Gasteiger partial charge in [-0.05, 0) is 41.8 Å². The number of hydrogen-bond donors (Lipinski definition) is 2. The Morgan fingerprint density at radius 3 is 3.05 bits per heavy atom. The lowest BCUT2D eigenvalue weighted by atomic mass is 9.94. The van der Waals surface area contributed by atoms with E-state index < -0.39 is 0 Å². The van der Waals surface area contributed by atoms with Gasteiger partial charge in [-0.3, -0.25) is 9.78 Å². The molecule has 2 heterocycles. The second kappa shape index (κ2) is 6.66. The minimum absolute atomic E-state index is 0.0435. The van der Waals surface area contributed by atoms with Gasteiger partial charge in [-0.2, -0.15) is 0 Å². The third-order valence-electron chi connectivity index (χ3n) is 3.84. The first-order valence-electron chi connectivity index (χ1n) is 7.40. The van der Waals surface area contributed by atoms with Crippen LogP contribution in [0.1, 0.15) is 22.4 Å². The number of amides is 1. The molecule has 5 heteroatoms. The van der Waals surface area contributed by atoms with Crippen LogP contribution < -0.4 is 10.6 Å². The minimum atomic E-state index is -0.375.